The maximum atomic E-state index is 11.3. The summed E-state index contributed by atoms with van der Waals surface area (Å²) in [7, 11) is 0. The molecule has 1 amide bonds. The molecule has 12 heavy (non-hydrogen) atoms. The van der Waals surface area contributed by atoms with Crippen molar-refractivity contribution in [3.63, 3.8) is 0 Å². The SMILES string of the molecule is CCC1C[NH2+]C(=O)c2cc[nH][n+]21. The van der Waals surface area contributed by atoms with Crippen molar-refractivity contribution in [1.29, 1.82) is 0 Å². The maximum absolute atomic E-state index is 11.3. The molecule has 1 aromatic rings. The number of rotatable bonds is 1. The molecule has 0 bridgehead atoms. The van der Waals surface area contributed by atoms with E-state index in [0.29, 0.717) is 6.04 Å². The van der Waals surface area contributed by atoms with Crippen LogP contribution in [0.3, 0.4) is 0 Å². The van der Waals surface area contributed by atoms with E-state index in [1.165, 1.54) is 0 Å². The second-order valence-electron chi connectivity index (χ2n) is 3.08. The topological polar surface area (TPSA) is 53.4 Å². The van der Waals surface area contributed by atoms with Crippen molar-refractivity contribution in [2.24, 2.45) is 0 Å². The van der Waals surface area contributed by atoms with Crippen LogP contribution in [-0.2, 0) is 0 Å². The van der Waals surface area contributed by atoms with Crippen LogP contribution in [-0.4, -0.2) is 17.6 Å². The van der Waals surface area contributed by atoms with Gasteiger partial charge in [0.1, 0.15) is 6.54 Å². The second-order valence-corrected chi connectivity index (χ2v) is 3.08. The lowest BCUT2D eigenvalue weighted by Gasteiger charge is -2.10. The molecule has 1 aromatic heterocycles. The van der Waals surface area contributed by atoms with Crippen molar-refractivity contribution in [2.45, 2.75) is 19.4 Å². The zero-order valence-corrected chi connectivity index (χ0v) is 7.08. The highest BCUT2D eigenvalue weighted by molar-refractivity contribution is 5.82. The van der Waals surface area contributed by atoms with E-state index < -0.39 is 0 Å². The largest absolute Gasteiger partial charge is 0.409 e. The molecule has 3 N–H and O–H groups in total. The van der Waals surface area contributed by atoms with Crippen LogP contribution in [0, 0.1) is 0 Å². The number of amides is 1. The fourth-order valence-corrected chi connectivity index (χ4v) is 1.65. The molecule has 1 aliphatic heterocycles. The number of aromatic nitrogens is 2. The number of quaternary nitrogens is 1. The molecule has 2 rings (SSSR count). The normalized spacial score (nSPS) is 22.4. The first kappa shape index (κ1) is 7.49. The van der Waals surface area contributed by atoms with Crippen molar-refractivity contribution in [3.8, 4) is 0 Å². The molecule has 2 heterocycles. The van der Waals surface area contributed by atoms with Crippen molar-refractivity contribution < 1.29 is 14.8 Å². The van der Waals surface area contributed by atoms with Crippen molar-refractivity contribution in [3.05, 3.63) is 18.0 Å². The van der Waals surface area contributed by atoms with Crippen LogP contribution in [0.1, 0.15) is 29.9 Å². The van der Waals surface area contributed by atoms with E-state index in [1.807, 2.05) is 16.9 Å². The van der Waals surface area contributed by atoms with E-state index in [0.717, 1.165) is 18.7 Å². The molecule has 0 fully saturated rings. The third kappa shape index (κ3) is 0.956. The summed E-state index contributed by atoms with van der Waals surface area (Å²) in [5, 5.41) is 4.84. The Morgan fingerprint density at radius 1 is 1.83 bits per heavy atom. The van der Waals surface area contributed by atoms with Crippen LogP contribution in [0.4, 0.5) is 0 Å². The Morgan fingerprint density at radius 3 is 3.42 bits per heavy atom. The van der Waals surface area contributed by atoms with Gasteiger partial charge >= 0.3 is 11.6 Å². The number of nitrogens with two attached hydrogens (primary N) is 1. The number of nitrogens with zero attached hydrogens (tertiary/aromatic N) is 1. The minimum Gasteiger partial charge on any atom is -0.268 e. The van der Waals surface area contributed by atoms with Gasteiger partial charge in [0.2, 0.25) is 6.04 Å². The van der Waals surface area contributed by atoms with E-state index in [4.69, 9.17) is 0 Å². The van der Waals surface area contributed by atoms with Gasteiger partial charge < -0.3 is 0 Å². The summed E-state index contributed by atoms with van der Waals surface area (Å²) in [4.78, 5) is 11.3. The van der Waals surface area contributed by atoms with Crippen LogP contribution in [0.25, 0.3) is 0 Å². The summed E-state index contributed by atoms with van der Waals surface area (Å²) in [5.74, 6) is 0.140. The van der Waals surface area contributed by atoms with Gasteiger partial charge in [0.15, 0.2) is 0 Å². The van der Waals surface area contributed by atoms with Crippen LogP contribution in [0.5, 0.6) is 0 Å². The zero-order valence-electron chi connectivity index (χ0n) is 7.08. The molecule has 0 radical (unpaired) electrons. The Bertz CT molecular complexity index is 305. The number of carbonyl (C=O) groups is 1. The predicted octanol–water partition coefficient (Wildman–Crippen LogP) is -1.03. The Balaban J connectivity index is 2.42. The van der Waals surface area contributed by atoms with E-state index in [1.54, 1.807) is 5.32 Å². The summed E-state index contributed by atoms with van der Waals surface area (Å²) < 4.78 is 1.96. The number of carbonyl (C=O) groups excluding carboxylic acids is 1. The molecule has 0 spiro atoms. The van der Waals surface area contributed by atoms with E-state index in [9.17, 15) is 4.79 Å². The number of aromatic amines is 1. The van der Waals surface area contributed by atoms with E-state index in [2.05, 4.69) is 12.0 Å². The average Bonchev–Trinajstić information content (AvgIpc) is 2.54. The smallest absolute Gasteiger partial charge is 0.268 e. The molecular weight excluding hydrogens is 154 g/mol. The first-order chi connectivity index (χ1) is 5.83. The predicted molar refractivity (Wildman–Crippen MR) is 41.4 cm³/mol. The standard InChI is InChI=1S/C8H11N3O/c1-2-6-5-9-8(12)7-3-4-10-11(6)7/h3-4,6H,2,5H2,1H3,(H,9,12)/p+2. The number of hydrogen-bond acceptors (Lipinski definition) is 1. The highest BCUT2D eigenvalue weighted by Crippen LogP contribution is 2.03. The monoisotopic (exact) mass is 167 g/mol. The van der Waals surface area contributed by atoms with Crippen molar-refractivity contribution in [1.82, 2.24) is 5.10 Å². The molecular formula is C8H13N3O+2. The minimum atomic E-state index is 0.140. The van der Waals surface area contributed by atoms with Gasteiger partial charge in [0, 0.05) is 12.5 Å². The number of fused-ring (bicyclic) bond motifs is 1. The Hall–Kier alpha value is -1.16. The molecule has 1 unspecified atom stereocenters. The molecule has 4 nitrogen and oxygen atoms in total. The summed E-state index contributed by atoms with van der Waals surface area (Å²) in [5.41, 5.74) is 0.785. The Labute approximate surface area is 70.6 Å². The van der Waals surface area contributed by atoms with E-state index in [-0.39, 0.29) is 5.91 Å². The van der Waals surface area contributed by atoms with Gasteiger partial charge in [-0.15, -0.1) is 0 Å². The maximum Gasteiger partial charge on any atom is 0.409 e. The van der Waals surface area contributed by atoms with Gasteiger partial charge in [-0.3, -0.25) is 5.32 Å². The summed E-state index contributed by atoms with van der Waals surface area (Å²) in [6.45, 7) is 2.99. The summed E-state index contributed by atoms with van der Waals surface area (Å²) in [6.07, 6.45) is 2.87. The number of H-pyrrole nitrogens is 1. The highest BCUT2D eigenvalue weighted by Gasteiger charge is 2.36. The fraction of sp³-hybridized carbons (Fsp3) is 0.500. The quantitative estimate of drug-likeness (QED) is 0.516. The lowest BCUT2D eigenvalue weighted by Crippen LogP contribution is -2.94. The molecule has 1 aliphatic rings. The van der Waals surface area contributed by atoms with Crippen molar-refractivity contribution in [2.75, 3.05) is 6.54 Å². The van der Waals surface area contributed by atoms with E-state index >= 15 is 0 Å². The number of nitrogens with one attached hydrogen (secondary N) is 1. The van der Waals surface area contributed by atoms with Gasteiger partial charge in [0.05, 0.1) is 6.20 Å². The van der Waals surface area contributed by atoms with Gasteiger partial charge in [-0.05, 0) is 0 Å². The summed E-state index contributed by atoms with van der Waals surface area (Å²) >= 11 is 0. The molecule has 0 aromatic carbocycles. The number of primary amides is 1. The van der Waals surface area contributed by atoms with Gasteiger partial charge in [-0.25, -0.2) is 4.79 Å². The first-order valence-electron chi connectivity index (χ1n) is 4.29. The summed E-state index contributed by atoms with van der Waals surface area (Å²) in [6, 6.07) is 2.27. The van der Waals surface area contributed by atoms with Crippen molar-refractivity contribution >= 4 is 5.91 Å². The third-order valence-electron chi connectivity index (χ3n) is 2.38. The second kappa shape index (κ2) is 2.71. The van der Waals surface area contributed by atoms with Crippen LogP contribution in [0.15, 0.2) is 12.3 Å². The lowest BCUT2D eigenvalue weighted by atomic mass is 10.2. The molecule has 0 aliphatic carbocycles. The minimum absolute atomic E-state index is 0.140. The fourth-order valence-electron chi connectivity index (χ4n) is 1.65. The molecule has 1 atom stereocenters. The Morgan fingerprint density at radius 2 is 2.67 bits per heavy atom. The first-order valence-corrected chi connectivity index (χ1v) is 4.29. The van der Waals surface area contributed by atoms with Crippen LogP contribution < -0.4 is 10.00 Å². The van der Waals surface area contributed by atoms with Crippen LogP contribution >= 0.6 is 0 Å². The molecule has 0 saturated carbocycles. The highest BCUT2D eigenvalue weighted by atomic mass is 16.2. The van der Waals surface area contributed by atoms with Crippen LogP contribution in [0.2, 0.25) is 0 Å². The Kier molecular flexibility index (Phi) is 1.69. The molecule has 4 heteroatoms. The number of hydrogen-bond donors (Lipinski definition) is 2. The van der Waals surface area contributed by atoms with Gasteiger partial charge in [-0.2, -0.15) is 5.10 Å². The average molecular weight is 167 g/mol. The van der Waals surface area contributed by atoms with Gasteiger partial charge in [0.25, 0.3) is 0 Å². The molecule has 0 saturated heterocycles. The lowest BCUT2D eigenvalue weighted by molar-refractivity contribution is -0.817. The zero-order chi connectivity index (χ0) is 8.55. The molecule has 64 valence electrons. The van der Waals surface area contributed by atoms with Gasteiger partial charge in [-0.1, -0.05) is 11.6 Å². The third-order valence-corrected chi connectivity index (χ3v) is 2.38.